The van der Waals surface area contributed by atoms with Crippen LogP contribution in [0.1, 0.15) is 25.7 Å². The first-order valence-corrected chi connectivity index (χ1v) is 13.5. The topological polar surface area (TPSA) is 104 Å². The van der Waals surface area contributed by atoms with Crippen molar-refractivity contribution in [3.05, 3.63) is 54.3 Å². The normalized spacial score (nSPS) is 15.7. The van der Waals surface area contributed by atoms with E-state index in [2.05, 4.69) is 5.32 Å². The van der Waals surface area contributed by atoms with Gasteiger partial charge in [-0.05, 0) is 55.3 Å². The molecule has 0 saturated carbocycles. The average molecular weight is 484 g/mol. The Balaban J connectivity index is 1.71. The Bertz CT molecular complexity index is 1160. The molecule has 0 aliphatic carbocycles. The third-order valence-electron chi connectivity index (χ3n) is 5.12. The highest BCUT2D eigenvalue weighted by atomic mass is 32.2. The van der Waals surface area contributed by atoms with Gasteiger partial charge in [-0.1, -0.05) is 18.9 Å². The van der Waals surface area contributed by atoms with Crippen molar-refractivity contribution >= 4 is 37.3 Å². The molecule has 11 heteroatoms. The van der Waals surface area contributed by atoms with E-state index in [9.17, 15) is 26.0 Å². The van der Waals surface area contributed by atoms with Crippen LogP contribution >= 0.6 is 0 Å². The number of carbonyl (C=O) groups is 1. The fourth-order valence-electron chi connectivity index (χ4n) is 3.50. The van der Waals surface area contributed by atoms with Crippen LogP contribution in [0.4, 0.5) is 15.8 Å². The zero-order chi connectivity index (χ0) is 23.4. The van der Waals surface area contributed by atoms with Crippen molar-refractivity contribution in [1.29, 1.82) is 0 Å². The maximum absolute atomic E-state index is 13.5. The van der Waals surface area contributed by atoms with E-state index in [1.54, 1.807) is 0 Å². The number of nitrogens with zero attached hydrogens (tertiary/aromatic N) is 2. The van der Waals surface area contributed by atoms with E-state index in [1.165, 1.54) is 46.8 Å². The smallest absolute Gasteiger partial charge is 0.245 e. The molecule has 1 fully saturated rings. The second kappa shape index (κ2) is 9.97. The number of sulfonamides is 2. The second-order valence-electron chi connectivity index (χ2n) is 7.64. The molecule has 3 rings (SSSR count). The first-order chi connectivity index (χ1) is 15.1. The number of benzene rings is 2. The fourth-order valence-corrected chi connectivity index (χ4v) is 5.87. The van der Waals surface area contributed by atoms with E-state index in [4.69, 9.17) is 0 Å². The van der Waals surface area contributed by atoms with Crippen molar-refractivity contribution in [2.75, 3.05) is 35.5 Å². The third kappa shape index (κ3) is 6.05. The molecule has 0 atom stereocenters. The molecule has 0 spiro atoms. The summed E-state index contributed by atoms with van der Waals surface area (Å²) in [5.74, 6) is -1.28. The predicted octanol–water partition coefficient (Wildman–Crippen LogP) is 2.80. The molecule has 1 heterocycles. The molecule has 0 radical (unpaired) electrons. The Labute approximate surface area is 188 Å². The minimum atomic E-state index is -3.84. The molecular weight excluding hydrogens is 457 g/mol. The molecular formula is C21H26FN3O5S2. The Morgan fingerprint density at radius 2 is 1.62 bits per heavy atom. The Kier molecular flexibility index (Phi) is 7.52. The van der Waals surface area contributed by atoms with E-state index in [1.807, 2.05) is 0 Å². The number of hydrogen-bond acceptors (Lipinski definition) is 5. The van der Waals surface area contributed by atoms with Gasteiger partial charge in [0.15, 0.2) is 0 Å². The van der Waals surface area contributed by atoms with Gasteiger partial charge in [0.05, 0.1) is 16.8 Å². The van der Waals surface area contributed by atoms with E-state index in [-0.39, 0.29) is 10.6 Å². The van der Waals surface area contributed by atoms with Crippen LogP contribution < -0.4 is 9.62 Å². The lowest BCUT2D eigenvalue weighted by atomic mass is 10.2. The van der Waals surface area contributed by atoms with Crippen LogP contribution in [0.5, 0.6) is 0 Å². The van der Waals surface area contributed by atoms with Crippen LogP contribution in [-0.2, 0) is 24.8 Å². The monoisotopic (exact) mass is 483 g/mol. The highest BCUT2D eigenvalue weighted by molar-refractivity contribution is 7.92. The first kappa shape index (κ1) is 24.1. The molecule has 1 amide bonds. The predicted molar refractivity (Wildman–Crippen MR) is 121 cm³/mol. The quantitative estimate of drug-likeness (QED) is 0.652. The highest BCUT2D eigenvalue weighted by Crippen LogP contribution is 2.22. The van der Waals surface area contributed by atoms with Crippen molar-refractivity contribution in [1.82, 2.24) is 4.31 Å². The number of anilines is 2. The van der Waals surface area contributed by atoms with Crippen molar-refractivity contribution < 1.29 is 26.0 Å². The molecule has 2 aromatic carbocycles. The van der Waals surface area contributed by atoms with Gasteiger partial charge in [-0.2, -0.15) is 4.31 Å². The van der Waals surface area contributed by atoms with Crippen molar-refractivity contribution in [3.8, 4) is 0 Å². The third-order valence-corrected chi connectivity index (χ3v) is 8.18. The molecule has 0 unspecified atom stereocenters. The molecule has 1 aliphatic rings. The van der Waals surface area contributed by atoms with Crippen LogP contribution in [0.15, 0.2) is 53.4 Å². The SMILES string of the molecule is CS(=O)(=O)N(CC(=O)Nc1ccc(S(=O)(=O)N2CCCCCC2)cc1)c1cccc(F)c1. The van der Waals surface area contributed by atoms with Gasteiger partial charge >= 0.3 is 0 Å². The standard InChI is InChI=1S/C21H26FN3O5S2/c1-31(27,28)25(19-8-6-7-17(22)15-19)16-21(26)23-18-9-11-20(12-10-18)32(29,30)24-13-4-2-3-5-14-24/h6-12,15H,2-5,13-14,16H2,1H3,(H,23,26). The van der Waals surface area contributed by atoms with Crippen molar-refractivity contribution in [3.63, 3.8) is 0 Å². The molecule has 0 aromatic heterocycles. The van der Waals surface area contributed by atoms with Gasteiger partial charge in [0.1, 0.15) is 12.4 Å². The van der Waals surface area contributed by atoms with Crippen LogP contribution in [-0.4, -0.2) is 52.9 Å². The van der Waals surface area contributed by atoms with Crippen LogP contribution in [0.3, 0.4) is 0 Å². The van der Waals surface area contributed by atoms with Gasteiger partial charge < -0.3 is 5.32 Å². The minimum Gasteiger partial charge on any atom is -0.325 e. The second-order valence-corrected chi connectivity index (χ2v) is 11.5. The summed E-state index contributed by atoms with van der Waals surface area (Å²) >= 11 is 0. The van der Waals surface area contributed by atoms with E-state index >= 15 is 0 Å². The molecule has 1 aliphatic heterocycles. The zero-order valence-corrected chi connectivity index (χ0v) is 19.3. The molecule has 174 valence electrons. The van der Waals surface area contributed by atoms with E-state index in [0.29, 0.717) is 18.8 Å². The number of hydrogen-bond donors (Lipinski definition) is 1. The molecule has 8 nitrogen and oxygen atoms in total. The van der Waals surface area contributed by atoms with Crippen LogP contribution in [0.2, 0.25) is 0 Å². The summed E-state index contributed by atoms with van der Waals surface area (Å²) in [6.07, 6.45) is 4.60. The summed E-state index contributed by atoms with van der Waals surface area (Å²) in [5, 5.41) is 2.55. The Hall–Kier alpha value is -2.50. The number of rotatable bonds is 7. The Morgan fingerprint density at radius 3 is 2.19 bits per heavy atom. The lowest BCUT2D eigenvalue weighted by Gasteiger charge is -2.22. The molecule has 1 N–H and O–H groups in total. The number of halogens is 1. The molecule has 0 bridgehead atoms. The zero-order valence-electron chi connectivity index (χ0n) is 17.7. The largest absolute Gasteiger partial charge is 0.325 e. The minimum absolute atomic E-state index is 0.0292. The van der Waals surface area contributed by atoms with E-state index < -0.39 is 38.3 Å². The first-order valence-electron chi connectivity index (χ1n) is 10.2. The summed E-state index contributed by atoms with van der Waals surface area (Å²) in [7, 11) is -7.45. The van der Waals surface area contributed by atoms with Crippen molar-refractivity contribution in [2.45, 2.75) is 30.6 Å². The summed E-state index contributed by atoms with van der Waals surface area (Å²) in [6.45, 7) is 0.417. The molecule has 2 aromatic rings. The van der Waals surface area contributed by atoms with Gasteiger partial charge in [-0.3, -0.25) is 9.10 Å². The fraction of sp³-hybridized carbons (Fsp3) is 0.381. The van der Waals surface area contributed by atoms with Crippen LogP contribution in [0.25, 0.3) is 0 Å². The van der Waals surface area contributed by atoms with Crippen LogP contribution in [0, 0.1) is 5.82 Å². The average Bonchev–Trinajstić information content (AvgIpc) is 3.02. The lowest BCUT2D eigenvalue weighted by molar-refractivity contribution is -0.114. The molecule has 1 saturated heterocycles. The van der Waals surface area contributed by atoms with Gasteiger partial charge in [0.2, 0.25) is 26.0 Å². The van der Waals surface area contributed by atoms with Gasteiger partial charge in [0, 0.05) is 18.8 Å². The maximum Gasteiger partial charge on any atom is 0.245 e. The maximum atomic E-state index is 13.5. The van der Waals surface area contributed by atoms with Gasteiger partial charge in [-0.15, -0.1) is 0 Å². The van der Waals surface area contributed by atoms with E-state index in [0.717, 1.165) is 42.3 Å². The summed E-state index contributed by atoms with van der Waals surface area (Å²) in [4.78, 5) is 12.6. The summed E-state index contributed by atoms with van der Waals surface area (Å²) in [6, 6.07) is 10.7. The van der Waals surface area contributed by atoms with Crippen molar-refractivity contribution in [2.24, 2.45) is 0 Å². The highest BCUT2D eigenvalue weighted by Gasteiger charge is 2.25. The number of carbonyl (C=O) groups excluding carboxylic acids is 1. The molecule has 32 heavy (non-hydrogen) atoms. The summed E-state index contributed by atoms with van der Waals surface area (Å²) < 4.78 is 65.7. The van der Waals surface area contributed by atoms with Gasteiger partial charge in [0.25, 0.3) is 0 Å². The Morgan fingerprint density at radius 1 is 1.00 bits per heavy atom. The number of amides is 1. The lowest BCUT2D eigenvalue weighted by Crippen LogP contribution is -2.37. The summed E-state index contributed by atoms with van der Waals surface area (Å²) in [5.41, 5.74) is 0.346. The number of nitrogens with one attached hydrogen (secondary N) is 1. The van der Waals surface area contributed by atoms with Gasteiger partial charge in [-0.25, -0.2) is 21.2 Å².